The van der Waals surface area contributed by atoms with Gasteiger partial charge in [0.15, 0.2) is 0 Å². The molecule has 15 heavy (non-hydrogen) atoms. The monoisotopic (exact) mass is 208 g/mol. The Morgan fingerprint density at radius 2 is 2.33 bits per heavy atom. The van der Waals surface area contributed by atoms with Crippen LogP contribution in [0, 0.1) is 0 Å². The first-order chi connectivity index (χ1) is 7.33. The summed E-state index contributed by atoms with van der Waals surface area (Å²) < 4.78 is 0. The number of hydrogen-bond donors (Lipinski definition) is 1. The highest BCUT2D eigenvalue weighted by molar-refractivity contribution is 5.90. The SMILES string of the molecule is CCN(C(=O)c1ncn[nH]1)C1CCCC1. The maximum absolute atomic E-state index is 12.0. The van der Waals surface area contributed by atoms with Gasteiger partial charge in [-0.05, 0) is 19.8 Å². The zero-order valence-electron chi connectivity index (χ0n) is 8.94. The van der Waals surface area contributed by atoms with Crippen molar-refractivity contribution in [3.63, 3.8) is 0 Å². The molecular weight excluding hydrogens is 192 g/mol. The lowest BCUT2D eigenvalue weighted by atomic mass is 10.2. The third-order valence-electron chi connectivity index (χ3n) is 2.98. The number of rotatable bonds is 3. The van der Waals surface area contributed by atoms with Gasteiger partial charge in [0.05, 0.1) is 0 Å². The molecule has 1 saturated carbocycles. The second kappa shape index (κ2) is 4.42. The normalized spacial score (nSPS) is 16.9. The third kappa shape index (κ3) is 2.00. The van der Waals surface area contributed by atoms with Gasteiger partial charge >= 0.3 is 0 Å². The molecule has 1 fully saturated rings. The number of H-pyrrole nitrogens is 1. The summed E-state index contributed by atoms with van der Waals surface area (Å²) >= 11 is 0. The number of aromatic amines is 1. The van der Waals surface area contributed by atoms with E-state index in [1.54, 1.807) is 0 Å². The summed E-state index contributed by atoms with van der Waals surface area (Å²) in [5.41, 5.74) is 0. The molecular formula is C10H16N4O. The summed E-state index contributed by atoms with van der Waals surface area (Å²) in [6.45, 7) is 2.75. The van der Waals surface area contributed by atoms with Crippen LogP contribution in [0.2, 0.25) is 0 Å². The highest BCUT2D eigenvalue weighted by Crippen LogP contribution is 2.24. The van der Waals surface area contributed by atoms with Crippen molar-refractivity contribution in [2.45, 2.75) is 38.6 Å². The van der Waals surface area contributed by atoms with Crippen LogP contribution in [-0.2, 0) is 0 Å². The largest absolute Gasteiger partial charge is 0.333 e. The lowest BCUT2D eigenvalue weighted by Gasteiger charge is -2.26. The van der Waals surface area contributed by atoms with Crippen LogP contribution in [0.25, 0.3) is 0 Å². The Balaban J connectivity index is 2.09. The minimum atomic E-state index is -0.0260. The lowest BCUT2D eigenvalue weighted by molar-refractivity contribution is 0.0681. The Morgan fingerprint density at radius 1 is 1.60 bits per heavy atom. The quantitative estimate of drug-likeness (QED) is 0.812. The van der Waals surface area contributed by atoms with Crippen molar-refractivity contribution >= 4 is 5.91 Å². The number of nitrogens with zero attached hydrogens (tertiary/aromatic N) is 3. The van der Waals surface area contributed by atoms with Crippen LogP contribution >= 0.6 is 0 Å². The van der Waals surface area contributed by atoms with Crippen LogP contribution in [0.3, 0.4) is 0 Å². The molecule has 1 aliphatic rings. The Bertz CT molecular complexity index is 316. The molecule has 0 aliphatic heterocycles. The summed E-state index contributed by atoms with van der Waals surface area (Å²) in [7, 11) is 0. The van der Waals surface area contributed by atoms with E-state index < -0.39 is 0 Å². The Labute approximate surface area is 88.9 Å². The number of aromatic nitrogens is 3. The topological polar surface area (TPSA) is 61.9 Å². The molecule has 1 aliphatic carbocycles. The van der Waals surface area contributed by atoms with Gasteiger partial charge in [-0.3, -0.25) is 9.89 Å². The lowest BCUT2D eigenvalue weighted by Crippen LogP contribution is -2.39. The molecule has 2 rings (SSSR count). The fourth-order valence-corrected chi connectivity index (χ4v) is 2.23. The summed E-state index contributed by atoms with van der Waals surface area (Å²) in [6.07, 6.45) is 6.06. The van der Waals surface area contributed by atoms with Gasteiger partial charge in [-0.2, -0.15) is 5.10 Å². The van der Waals surface area contributed by atoms with Crippen LogP contribution < -0.4 is 0 Å². The van der Waals surface area contributed by atoms with Crippen molar-refractivity contribution in [3.8, 4) is 0 Å². The second-order valence-electron chi connectivity index (χ2n) is 3.86. The molecule has 0 saturated heterocycles. The minimum absolute atomic E-state index is 0.0260. The zero-order valence-corrected chi connectivity index (χ0v) is 8.94. The van der Waals surface area contributed by atoms with Gasteiger partial charge in [-0.25, -0.2) is 4.98 Å². The van der Waals surface area contributed by atoms with Gasteiger partial charge in [0.1, 0.15) is 6.33 Å². The van der Waals surface area contributed by atoms with Crippen molar-refractivity contribution in [1.29, 1.82) is 0 Å². The van der Waals surface area contributed by atoms with Crippen LogP contribution in [-0.4, -0.2) is 38.6 Å². The van der Waals surface area contributed by atoms with E-state index in [9.17, 15) is 4.79 Å². The van der Waals surface area contributed by atoms with Gasteiger partial charge in [0.25, 0.3) is 5.91 Å². The van der Waals surface area contributed by atoms with E-state index in [0.717, 1.165) is 19.4 Å². The van der Waals surface area contributed by atoms with E-state index >= 15 is 0 Å². The highest BCUT2D eigenvalue weighted by atomic mass is 16.2. The first-order valence-electron chi connectivity index (χ1n) is 5.49. The van der Waals surface area contributed by atoms with E-state index in [2.05, 4.69) is 15.2 Å². The fraction of sp³-hybridized carbons (Fsp3) is 0.700. The number of hydrogen-bond acceptors (Lipinski definition) is 3. The van der Waals surface area contributed by atoms with Crippen molar-refractivity contribution in [1.82, 2.24) is 20.1 Å². The number of carbonyl (C=O) groups is 1. The maximum Gasteiger partial charge on any atom is 0.291 e. The molecule has 5 nitrogen and oxygen atoms in total. The van der Waals surface area contributed by atoms with Crippen molar-refractivity contribution in [2.75, 3.05) is 6.54 Å². The van der Waals surface area contributed by atoms with E-state index in [4.69, 9.17) is 0 Å². The molecule has 0 radical (unpaired) electrons. The van der Waals surface area contributed by atoms with Gasteiger partial charge < -0.3 is 4.90 Å². The number of amides is 1. The van der Waals surface area contributed by atoms with Crippen LogP contribution in [0.4, 0.5) is 0 Å². The number of carbonyl (C=O) groups excluding carboxylic acids is 1. The smallest absolute Gasteiger partial charge is 0.291 e. The predicted octanol–water partition coefficient (Wildman–Crippen LogP) is 1.21. The van der Waals surface area contributed by atoms with E-state index in [0.29, 0.717) is 11.9 Å². The molecule has 1 N–H and O–H groups in total. The maximum atomic E-state index is 12.0. The molecule has 5 heteroatoms. The van der Waals surface area contributed by atoms with Gasteiger partial charge in [0, 0.05) is 12.6 Å². The average Bonchev–Trinajstić information content (AvgIpc) is 2.91. The first-order valence-corrected chi connectivity index (χ1v) is 5.49. The van der Waals surface area contributed by atoms with Gasteiger partial charge in [-0.15, -0.1) is 0 Å². The Kier molecular flexibility index (Phi) is 2.99. The standard InChI is InChI=1S/C10H16N4O/c1-2-14(8-5-3-4-6-8)10(15)9-11-7-12-13-9/h7-8H,2-6H2,1H3,(H,11,12,13). The van der Waals surface area contributed by atoms with Crippen LogP contribution in [0.1, 0.15) is 43.2 Å². The Morgan fingerprint density at radius 3 is 2.87 bits per heavy atom. The zero-order chi connectivity index (χ0) is 10.7. The minimum Gasteiger partial charge on any atom is -0.333 e. The summed E-state index contributed by atoms with van der Waals surface area (Å²) in [4.78, 5) is 17.8. The van der Waals surface area contributed by atoms with Crippen LogP contribution in [0.5, 0.6) is 0 Å². The molecule has 1 aromatic rings. The molecule has 0 aromatic carbocycles. The predicted molar refractivity (Wildman–Crippen MR) is 55.3 cm³/mol. The van der Waals surface area contributed by atoms with Gasteiger partial charge in [0.2, 0.25) is 5.82 Å². The molecule has 1 aromatic heterocycles. The van der Waals surface area contributed by atoms with Crippen molar-refractivity contribution < 1.29 is 4.79 Å². The summed E-state index contributed by atoms with van der Waals surface area (Å²) in [6, 6.07) is 0.396. The summed E-state index contributed by atoms with van der Waals surface area (Å²) in [5, 5.41) is 6.33. The molecule has 0 spiro atoms. The fourth-order valence-electron chi connectivity index (χ4n) is 2.23. The summed E-state index contributed by atoms with van der Waals surface area (Å²) in [5.74, 6) is 0.325. The van der Waals surface area contributed by atoms with Crippen LogP contribution in [0.15, 0.2) is 6.33 Å². The first kappa shape index (κ1) is 10.1. The molecule has 1 heterocycles. The molecule has 0 unspecified atom stereocenters. The molecule has 0 bridgehead atoms. The van der Waals surface area contributed by atoms with Gasteiger partial charge in [-0.1, -0.05) is 12.8 Å². The highest BCUT2D eigenvalue weighted by Gasteiger charge is 2.27. The Hall–Kier alpha value is -1.39. The third-order valence-corrected chi connectivity index (χ3v) is 2.98. The second-order valence-corrected chi connectivity index (χ2v) is 3.86. The average molecular weight is 208 g/mol. The van der Waals surface area contributed by atoms with Crippen molar-refractivity contribution in [3.05, 3.63) is 12.2 Å². The molecule has 82 valence electrons. The van der Waals surface area contributed by atoms with E-state index in [1.807, 2.05) is 11.8 Å². The van der Waals surface area contributed by atoms with Crippen molar-refractivity contribution in [2.24, 2.45) is 0 Å². The molecule has 1 amide bonds. The molecule has 0 atom stereocenters. The van der Waals surface area contributed by atoms with E-state index in [1.165, 1.54) is 19.2 Å². The number of nitrogens with one attached hydrogen (secondary N) is 1. The van der Waals surface area contributed by atoms with E-state index in [-0.39, 0.29) is 5.91 Å².